The first kappa shape index (κ1) is 42.4. The Bertz CT molecular complexity index is 2380. The summed E-state index contributed by atoms with van der Waals surface area (Å²) in [6.45, 7) is 0.571. The van der Waals surface area contributed by atoms with E-state index in [0.29, 0.717) is 53.1 Å². The topological polar surface area (TPSA) is 226 Å². The second-order valence-electron chi connectivity index (χ2n) is 14.1. The summed E-state index contributed by atoms with van der Waals surface area (Å²) in [5.41, 5.74) is 15.4. The molecule has 9 N–H and O–H groups in total. The van der Waals surface area contributed by atoms with Gasteiger partial charge in [-0.05, 0) is 96.9 Å². The summed E-state index contributed by atoms with van der Waals surface area (Å²) in [7, 11) is -2.97. The first-order valence-corrected chi connectivity index (χ1v) is 21.2. The van der Waals surface area contributed by atoms with Crippen molar-refractivity contribution in [2.45, 2.75) is 78.1 Å². The van der Waals surface area contributed by atoms with Crippen LogP contribution in [0.25, 0.3) is 22.0 Å². The van der Waals surface area contributed by atoms with Gasteiger partial charge >= 0.3 is 0 Å². The van der Waals surface area contributed by atoms with Crippen LogP contribution >= 0.6 is 11.8 Å². The summed E-state index contributed by atoms with van der Waals surface area (Å²) in [4.78, 5) is 52.0. The van der Waals surface area contributed by atoms with Gasteiger partial charge in [0.15, 0.2) is 0 Å². The summed E-state index contributed by atoms with van der Waals surface area (Å²) >= 11 is 1.05. The molecule has 6 rings (SSSR count). The van der Waals surface area contributed by atoms with E-state index in [4.69, 9.17) is 11.5 Å². The normalized spacial score (nSPS) is 18.6. The summed E-state index contributed by atoms with van der Waals surface area (Å²) in [6, 6.07) is 16.5. The van der Waals surface area contributed by atoms with Crippen LogP contribution in [0.1, 0.15) is 42.4 Å². The summed E-state index contributed by atoms with van der Waals surface area (Å²) in [5, 5.41) is 10.5. The highest BCUT2D eigenvalue weighted by molar-refractivity contribution is 7.99. The number of nitrogens with zero attached hydrogens (tertiary/aromatic N) is 2. The van der Waals surface area contributed by atoms with Crippen molar-refractivity contribution in [1.82, 2.24) is 30.8 Å². The van der Waals surface area contributed by atoms with E-state index < -0.39 is 51.8 Å². The number of amides is 3. The number of pyridine rings is 1. The molecule has 14 nitrogen and oxygen atoms in total. The van der Waals surface area contributed by atoms with Gasteiger partial charge in [0.05, 0.1) is 15.8 Å². The van der Waals surface area contributed by atoms with E-state index in [-0.39, 0.29) is 42.3 Å². The Morgan fingerprint density at radius 2 is 1.64 bits per heavy atom. The first-order chi connectivity index (χ1) is 27.9. The molecule has 3 heterocycles. The molecule has 0 bridgehead atoms. The van der Waals surface area contributed by atoms with Gasteiger partial charge in [-0.1, -0.05) is 54.2 Å². The van der Waals surface area contributed by atoms with Crippen molar-refractivity contribution < 1.29 is 31.7 Å². The molecule has 3 atom stereocenters. The molecule has 1 aliphatic rings. The fourth-order valence-electron chi connectivity index (χ4n) is 7.05. The molecule has 306 valence electrons. The average Bonchev–Trinajstić information content (AvgIpc) is 3.63. The Hall–Kier alpha value is -5.17. The number of halogens is 1. The molecule has 0 saturated heterocycles. The largest absolute Gasteiger partial charge is 0.361 e. The van der Waals surface area contributed by atoms with Gasteiger partial charge in [0.25, 0.3) is 10.1 Å². The molecule has 5 aromatic rings. The number of hydrogen-bond donors (Lipinski definition) is 7. The zero-order chi connectivity index (χ0) is 41.4. The van der Waals surface area contributed by atoms with Gasteiger partial charge in [0.1, 0.15) is 22.9 Å². The Morgan fingerprint density at radius 3 is 2.36 bits per heavy atom. The second kappa shape index (κ2) is 19.1. The quantitative estimate of drug-likeness (QED) is 0.100. The van der Waals surface area contributed by atoms with Crippen LogP contribution in [0.5, 0.6) is 0 Å². The maximum atomic E-state index is 16.2. The average molecular weight is 831 g/mol. The third-order valence-electron chi connectivity index (χ3n) is 10.2. The van der Waals surface area contributed by atoms with Gasteiger partial charge in [-0.25, -0.2) is 9.37 Å². The van der Waals surface area contributed by atoms with Gasteiger partial charge in [0, 0.05) is 49.9 Å². The van der Waals surface area contributed by atoms with Crippen LogP contribution in [0.2, 0.25) is 0 Å². The van der Waals surface area contributed by atoms with Crippen molar-refractivity contribution in [3.8, 4) is 11.1 Å². The lowest BCUT2D eigenvalue weighted by molar-refractivity contribution is -0.142. The summed E-state index contributed by atoms with van der Waals surface area (Å²) in [6.07, 6.45) is 5.00. The van der Waals surface area contributed by atoms with Crippen molar-refractivity contribution >= 4 is 50.5 Å². The summed E-state index contributed by atoms with van der Waals surface area (Å²) < 4.78 is 49.5. The number of hydrogen-bond acceptors (Lipinski definition) is 10. The smallest absolute Gasteiger partial charge is 0.294 e. The number of benzene rings is 3. The number of H-pyrrole nitrogens is 1. The maximum absolute atomic E-state index is 16.2. The number of fused-ring (bicyclic) bond motifs is 3. The highest BCUT2D eigenvalue weighted by Crippen LogP contribution is 2.39. The van der Waals surface area contributed by atoms with Crippen LogP contribution < -0.4 is 27.4 Å². The van der Waals surface area contributed by atoms with Crippen LogP contribution in [0, 0.1) is 5.82 Å². The zero-order valence-corrected chi connectivity index (χ0v) is 33.5. The highest BCUT2D eigenvalue weighted by Gasteiger charge is 2.34. The van der Waals surface area contributed by atoms with Crippen molar-refractivity contribution in [2.75, 3.05) is 20.1 Å². The van der Waals surface area contributed by atoms with Crippen molar-refractivity contribution in [3.63, 3.8) is 0 Å². The van der Waals surface area contributed by atoms with Crippen LogP contribution in [-0.4, -0.2) is 83.8 Å². The summed E-state index contributed by atoms with van der Waals surface area (Å²) in [5.74, 6) is -2.04. The van der Waals surface area contributed by atoms with E-state index in [2.05, 4.69) is 25.9 Å². The number of para-hydroxylation sites is 1. The fourth-order valence-corrected chi connectivity index (χ4v) is 8.58. The zero-order valence-electron chi connectivity index (χ0n) is 31.9. The minimum Gasteiger partial charge on any atom is -0.361 e. The van der Waals surface area contributed by atoms with Crippen molar-refractivity contribution in [2.24, 2.45) is 11.5 Å². The lowest BCUT2D eigenvalue weighted by atomic mass is 9.98. The second-order valence-corrected chi connectivity index (χ2v) is 16.5. The van der Waals surface area contributed by atoms with E-state index >= 15 is 4.39 Å². The van der Waals surface area contributed by atoms with Gasteiger partial charge < -0.3 is 37.3 Å². The molecule has 1 aliphatic heterocycles. The molecule has 58 heavy (non-hydrogen) atoms. The minimum absolute atomic E-state index is 0.0995. The molecule has 17 heteroatoms. The number of nitrogens with one attached hydrogen (secondary N) is 4. The number of likely N-dealkylation sites (N-methyl/N-ethyl adjacent to an activating group) is 1. The van der Waals surface area contributed by atoms with Gasteiger partial charge in [0.2, 0.25) is 17.7 Å². The lowest BCUT2D eigenvalue weighted by Crippen LogP contribution is -2.57. The Labute approximate surface area is 340 Å². The molecule has 0 spiro atoms. The highest BCUT2D eigenvalue weighted by atomic mass is 32.2. The van der Waals surface area contributed by atoms with E-state index in [1.54, 1.807) is 18.5 Å². The SMILES string of the molecule is CN1C(=O)[C@H](CCCN)NC(=O)[C@H](CCCN)NCc2cccnc2Sc2c(F)ccc(-c3ccc(S(=O)(=O)O)cc3)c2CNC(=O)[C@@H]1Cc1c[nH]c2ccccc12. The maximum Gasteiger partial charge on any atom is 0.294 e. The van der Waals surface area contributed by atoms with E-state index in [0.717, 1.165) is 28.2 Å². The molecular formula is C41H47FN8O6S2. The number of aromatic amines is 1. The van der Waals surface area contributed by atoms with Crippen LogP contribution in [-0.2, 0) is 44.0 Å². The Kier molecular flexibility index (Phi) is 13.9. The number of carbonyl (C=O) groups excluding carboxylic acids is 3. The molecule has 3 aromatic carbocycles. The molecule has 0 aliphatic carbocycles. The standard InChI is InChI=1S/C41H47FN8O6S2/c1-50-36(21-27-23-46-33-9-3-2-8-30(27)33)39(52)48-24-31-29(25-12-14-28(15-13-25)58(54,55)56)16-17-32(42)37(31)57-40-26(7-6-20-45-40)22-47-34(10-4-18-43)38(51)49-35(41(50)53)11-5-19-44/h2-3,6-9,12-17,20,23,34-36,46-47H,4-5,10-11,18-19,21-22,24,43-44H2,1H3,(H,48,52)(H,49,51)(H,54,55,56)/t34-,35-,36-/m0/s1. The molecule has 2 aromatic heterocycles. The number of aromatic nitrogens is 2. The van der Waals surface area contributed by atoms with E-state index in [1.807, 2.05) is 30.3 Å². The van der Waals surface area contributed by atoms with E-state index in [1.165, 1.54) is 48.3 Å². The molecule has 0 unspecified atom stereocenters. The Morgan fingerprint density at radius 1 is 0.914 bits per heavy atom. The van der Waals surface area contributed by atoms with Gasteiger partial charge in [-0.2, -0.15) is 8.42 Å². The van der Waals surface area contributed by atoms with Crippen molar-refractivity contribution in [1.29, 1.82) is 0 Å². The first-order valence-electron chi connectivity index (χ1n) is 18.9. The molecule has 0 radical (unpaired) electrons. The molecular weight excluding hydrogens is 784 g/mol. The minimum atomic E-state index is -4.49. The van der Waals surface area contributed by atoms with Crippen LogP contribution in [0.3, 0.4) is 0 Å². The third kappa shape index (κ3) is 9.91. The van der Waals surface area contributed by atoms with Crippen LogP contribution in [0.4, 0.5) is 4.39 Å². The van der Waals surface area contributed by atoms with Crippen LogP contribution in [0.15, 0.2) is 100 Å². The fraction of sp³-hybridized carbons (Fsp3) is 0.317. The third-order valence-corrected chi connectivity index (χ3v) is 12.3. The van der Waals surface area contributed by atoms with E-state index in [9.17, 15) is 27.4 Å². The lowest BCUT2D eigenvalue weighted by Gasteiger charge is -2.32. The predicted molar refractivity (Wildman–Crippen MR) is 220 cm³/mol. The van der Waals surface area contributed by atoms with Gasteiger partial charge in [-0.3, -0.25) is 18.9 Å². The molecule has 0 fully saturated rings. The van der Waals surface area contributed by atoms with Gasteiger partial charge in [-0.15, -0.1) is 0 Å². The number of nitrogens with two attached hydrogens (primary N) is 2. The number of carbonyl (C=O) groups is 3. The van der Waals surface area contributed by atoms with Crippen molar-refractivity contribution in [3.05, 3.63) is 108 Å². The number of rotatable bonds is 10. The monoisotopic (exact) mass is 830 g/mol. The molecule has 0 saturated carbocycles. The Balaban J connectivity index is 1.49. The predicted octanol–water partition coefficient (Wildman–Crippen LogP) is 3.89. The molecule has 3 amide bonds.